The number of nitrogens with zero attached hydrogens (tertiary/aromatic N) is 1. The number of rotatable bonds is 3. The quantitative estimate of drug-likeness (QED) is 0.262. The van der Waals surface area contributed by atoms with Crippen LogP contribution in [0.5, 0.6) is 0 Å². The van der Waals surface area contributed by atoms with E-state index in [-0.39, 0.29) is 5.54 Å². The van der Waals surface area contributed by atoms with E-state index in [0.29, 0.717) is 0 Å². The monoisotopic (exact) mass is 184 g/mol. The number of aliphatic imine (C=N–C) groups is 1. The maximum atomic E-state index is 5.36. The van der Waals surface area contributed by atoms with E-state index in [1.807, 2.05) is 6.92 Å². The predicted octanol–water partition coefficient (Wildman–Crippen LogP) is 0.748. The molecule has 1 aliphatic rings. The van der Waals surface area contributed by atoms with Gasteiger partial charge < -0.3 is 5.32 Å². The first-order valence-corrected chi connectivity index (χ1v) is 5.05. The molecule has 0 amide bonds. The van der Waals surface area contributed by atoms with E-state index < -0.39 is 0 Å². The fourth-order valence-corrected chi connectivity index (χ4v) is 1.70. The Labute approximate surface area is 80.0 Å². The minimum Gasteiger partial charge on any atom is -0.350 e. The summed E-state index contributed by atoms with van der Waals surface area (Å²) in [4.78, 5) is 4.23. The van der Waals surface area contributed by atoms with Gasteiger partial charge in [-0.1, -0.05) is 6.92 Å². The highest BCUT2D eigenvalue weighted by Gasteiger charge is 2.35. The Morgan fingerprint density at radius 2 is 2.15 bits per heavy atom. The van der Waals surface area contributed by atoms with Crippen LogP contribution in [0, 0.1) is 0 Å². The summed E-state index contributed by atoms with van der Waals surface area (Å²) < 4.78 is 0. The van der Waals surface area contributed by atoms with Crippen LogP contribution < -0.4 is 16.6 Å². The van der Waals surface area contributed by atoms with Crippen molar-refractivity contribution >= 4 is 5.96 Å². The summed E-state index contributed by atoms with van der Waals surface area (Å²) >= 11 is 0. The molecule has 0 aromatic rings. The van der Waals surface area contributed by atoms with Crippen LogP contribution in [0.2, 0.25) is 0 Å². The molecule has 0 heterocycles. The van der Waals surface area contributed by atoms with E-state index in [0.717, 1.165) is 18.9 Å². The standard InChI is InChI=1S/C9H20N4/c1-3-9(6-5-7-9)12-8(13-10)11-4-2/h3-7,10H2,1-2H3,(H2,11,12,13). The molecular formula is C9H20N4. The zero-order chi connectivity index (χ0) is 9.73. The second-order valence-corrected chi connectivity index (χ2v) is 3.58. The molecule has 0 atom stereocenters. The summed E-state index contributed by atoms with van der Waals surface area (Å²) in [6, 6.07) is 0. The average molecular weight is 184 g/mol. The van der Waals surface area contributed by atoms with E-state index in [2.05, 4.69) is 22.7 Å². The highest BCUT2D eigenvalue weighted by Crippen LogP contribution is 2.34. The summed E-state index contributed by atoms with van der Waals surface area (Å²) in [6.45, 7) is 4.96. The Morgan fingerprint density at radius 3 is 2.46 bits per heavy atom. The zero-order valence-corrected chi connectivity index (χ0v) is 8.56. The molecule has 0 radical (unpaired) electrons. The molecule has 13 heavy (non-hydrogen) atoms. The van der Waals surface area contributed by atoms with Crippen molar-refractivity contribution < 1.29 is 0 Å². The van der Waals surface area contributed by atoms with Crippen molar-refractivity contribution in [3.8, 4) is 0 Å². The van der Waals surface area contributed by atoms with Crippen molar-refractivity contribution in [3.63, 3.8) is 0 Å². The molecule has 0 aromatic heterocycles. The van der Waals surface area contributed by atoms with E-state index >= 15 is 0 Å². The predicted molar refractivity (Wildman–Crippen MR) is 55.3 cm³/mol. The maximum absolute atomic E-state index is 5.36. The van der Waals surface area contributed by atoms with Crippen molar-refractivity contribution in [2.45, 2.75) is 45.1 Å². The number of guanidine groups is 1. The van der Waals surface area contributed by atoms with Crippen molar-refractivity contribution in [1.29, 1.82) is 0 Å². The smallest absolute Gasteiger partial charge is 0.206 e. The zero-order valence-electron chi connectivity index (χ0n) is 8.56. The molecule has 76 valence electrons. The van der Waals surface area contributed by atoms with Crippen molar-refractivity contribution in [1.82, 2.24) is 10.7 Å². The first-order valence-electron chi connectivity index (χ1n) is 5.05. The third-order valence-corrected chi connectivity index (χ3v) is 2.82. The molecule has 4 N–H and O–H groups in total. The minimum atomic E-state index is 0.264. The summed E-state index contributed by atoms with van der Waals surface area (Å²) in [5.41, 5.74) is 2.86. The molecule has 1 rings (SSSR count). The van der Waals surface area contributed by atoms with Gasteiger partial charge in [0.2, 0.25) is 5.96 Å². The van der Waals surface area contributed by atoms with Gasteiger partial charge in [0.15, 0.2) is 0 Å². The van der Waals surface area contributed by atoms with Gasteiger partial charge in [0.25, 0.3) is 0 Å². The van der Waals surface area contributed by atoms with Crippen LogP contribution in [0.1, 0.15) is 39.5 Å². The Morgan fingerprint density at radius 1 is 1.46 bits per heavy atom. The van der Waals surface area contributed by atoms with E-state index in [1.54, 1.807) is 0 Å². The topological polar surface area (TPSA) is 62.4 Å². The van der Waals surface area contributed by atoms with Crippen molar-refractivity contribution in [2.24, 2.45) is 10.8 Å². The van der Waals surface area contributed by atoms with Gasteiger partial charge in [-0.15, -0.1) is 0 Å². The van der Waals surface area contributed by atoms with Crippen LogP contribution >= 0.6 is 0 Å². The molecule has 0 unspecified atom stereocenters. The van der Waals surface area contributed by atoms with Gasteiger partial charge in [-0.3, -0.25) is 10.4 Å². The third kappa shape index (κ3) is 2.34. The molecule has 1 aliphatic carbocycles. The van der Waals surface area contributed by atoms with Crippen LogP contribution in [0.4, 0.5) is 0 Å². The summed E-state index contributed by atoms with van der Waals surface area (Å²) in [5.74, 6) is 6.08. The lowest BCUT2D eigenvalue weighted by Crippen LogP contribution is -2.57. The largest absolute Gasteiger partial charge is 0.350 e. The molecule has 0 spiro atoms. The van der Waals surface area contributed by atoms with Crippen LogP contribution in [-0.2, 0) is 0 Å². The number of hydrazine groups is 1. The van der Waals surface area contributed by atoms with Crippen LogP contribution in [0.3, 0.4) is 0 Å². The molecule has 0 aliphatic heterocycles. The van der Waals surface area contributed by atoms with Gasteiger partial charge in [0.1, 0.15) is 0 Å². The fourth-order valence-electron chi connectivity index (χ4n) is 1.70. The lowest BCUT2D eigenvalue weighted by atomic mass is 9.75. The lowest BCUT2D eigenvalue weighted by molar-refractivity contribution is 0.207. The maximum Gasteiger partial charge on any atom is 0.206 e. The average Bonchev–Trinajstić information content (AvgIpc) is 2.09. The second kappa shape index (κ2) is 4.46. The fraction of sp³-hybridized carbons (Fsp3) is 0.889. The summed E-state index contributed by atoms with van der Waals surface area (Å²) in [7, 11) is 0. The molecule has 4 nitrogen and oxygen atoms in total. The Balaban J connectivity index is 2.48. The Bertz CT molecular complexity index is 179. The second-order valence-electron chi connectivity index (χ2n) is 3.58. The molecule has 0 bridgehead atoms. The molecule has 0 aromatic carbocycles. The van der Waals surface area contributed by atoms with Gasteiger partial charge in [0.05, 0.1) is 0 Å². The SMILES string of the molecule is CCN=C(NN)NC1(CC)CCC1. The van der Waals surface area contributed by atoms with Gasteiger partial charge in [-0.25, -0.2) is 5.84 Å². The van der Waals surface area contributed by atoms with Crippen LogP contribution in [0.25, 0.3) is 0 Å². The molecule has 1 fully saturated rings. The van der Waals surface area contributed by atoms with Gasteiger partial charge in [0, 0.05) is 12.1 Å². The number of hydrogen-bond donors (Lipinski definition) is 3. The molecule has 0 saturated heterocycles. The Kier molecular flexibility index (Phi) is 3.54. The highest BCUT2D eigenvalue weighted by atomic mass is 15.3. The van der Waals surface area contributed by atoms with Crippen LogP contribution in [0.15, 0.2) is 4.99 Å². The Hall–Kier alpha value is -0.770. The van der Waals surface area contributed by atoms with Crippen molar-refractivity contribution in [2.75, 3.05) is 6.54 Å². The van der Waals surface area contributed by atoms with Crippen LogP contribution in [-0.4, -0.2) is 18.0 Å². The number of nitrogens with one attached hydrogen (secondary N) is 2. The first-order chi connectivity index (χ1) is 6.26. The summed E-state index contributed by atoms with van der Waals surface area (Å²) in [6.07, 6.45) is 4.91. The van der Waals surface area contributed by atoms with Crippen molar-refractivity contribution in [3.05, 3.63) is 0 Å². The van der Waals surface area contributed by atoms with E-state index in [9.17, 15) is 0 Å². The minimum absolute atomic E-state index is 0.264. The number of nitrogens with two attached hydrogens (primary N) is 1. The molecule has 4 heteroatoms. The lowest BCUT2D eigenvalue weighted by Gasteiger charge is -2.42. The van der Waals surface area contributed by atoms with Gasteiger partial charge in [-0.05, 0) is 32.6 Å². The molecule has 1 saturated carbocycles. The van der Waals surface area contributed by atoms with E-state index in [4.69, 9.17) is 5.84 Å². The normalized spacial score (nSPS) is 20.7. The first kappa shape index (κ1) is 10.3. The highest BCUT2D eigenvalue weighted by molar-refractivity contribution is 5.80. The summed E-state index contributed by atoms with van der Waals surface area (Å²) in [5, 5.41) is 3.38. The number of hydrogen-bond acceptors (Lipinski definition) is 2. The third-order valence-electron chi connectivity index (χ3n) is 2.82. The molecular weight excluding hydrogens is 164 g/mol. The van der Waals surface area contributed by atoms with Gasteiger partial charge in [-0.2, -0.15) is 0 Å². The van der Waals surface area contributed by atoms with E-state index in [1.165, 1.54) is 19.3 Å². The van der Waals surface area contributed by atoms with Gasteiger partial charge >= 0.3 is 0 Å².